The van der Waals surface area contributed by atoms with Crippen molar-refractivity contribution in [3.63, 3.8) is 0 Å². The number of carbonyl (C=O) groups is 2. The predicted octanol–water partition coefficient (Wildman–Crippen LogP) is 3.99. The van der Waals surface area contributed by atoms with E-state index in [1.165, 1.54) is 57.4 Å². The van der Waals surface area contributed by atoms with Crippen LogP contribution in [0.5, 0.6) is 17.2 Å². The van der Waals surface area contributed by atoms with Crippen molar-refractivity contribution in [1.29, 1.82) is 0 Å². The first-order chi connectivity index (χ1) is 23.5. The number of ether oxygens (including phenoxy) is 3. The molecule has 2 aromatic carbocycles. The molecule has 1 heterocycles. The molecule has 3 aliphatic rings. The highest BCUT2D eigenvalue weighted by molar-refractivity contribution is 6.31. The molecule has 0 aromatic heterocycles. The number of nitrogens with one attached hydrogen (secondary N) is 1. The van der Waals surface area contributed by atoms with Crippen LogP contribution in [0.25, 0.3) is 0 Å². The Morgan fingerprint density at radius 2 is 1.66 bits per heavy atom. The third-order valence-electron chi connectivity index (χ3n) is 10.4. The van der Waals surface area contributed by atoms with Crippen molar-refractivity contribution < 1.29 is 54.4 Å². The number of rotatable bonds is 15. The Labute approximate surface area is 299 Å². The van der Waals surface area contributed by atoms with Gasteiger partial charge >= 0.3 is 0 Å². The van der Waals surface area contributed by atoms with E-state index < -0.39 is 89.6 Å². The smallest absolute Gasteiger partial charge is 0.202 e. The summed E-state index contributed by atoms with van der Waals surface area (Å²) in [6.07, 6.45) is 3.42. The van der Waals surface area contributed by atoms with Crippen LogP contribution in [0.15, 0.2) is 18.2 Å². The van der Waals surface area contributed by atoms with E-state index in [4.69, 9.17) is 14.2 Å². The molecule has 2 aliphatic carbocycles. The van der Waals surface area contributed by atoms with Gasteiger partial charge in [0.05, 0.1) is 54.3 Å². The SMILES string of the molecule is CCCCCCCCCCNC1CC(OC2CC(O)(C(O)CO)Cc3c(O)c4c(c(O)c32)C(=O)c2c(OC)cccc2C4=O)OC(C)C1O.Cl. The molecule has 0 spiro atoms. The number of hydrogen-bond acceptors (Lipinski definition) is 12. The number of aliphatic hydroxyl groups is 4. The summed E-state index contributed by atoms with van der Waals surface area (Å²) in [7, 11) is 1.35. The number of ketones is 2. The average molecular weight is 722 g/mol. The lowest BCUT2D eigenvalue weighted by molar-refractivity contribution is -0.253. The monoisotopic (exact) mass is 721 g/mol. The molecule has 13 heteroatoms. The van der Waals surface area contributed by atoms with Crippen molar-refractivity contribution in [3.05, 3.63) is 51.6 Å². The Morgan fingerprint density at radius 3 is 2.32 bits per heavy atom. The normalized spacial score (nSPS) is 26.4. The molecule has 2 aromatic rings. The zero-order valence-corrected chi connectivity index (χ0v) is 29.8. The minimum atomic E-state index is -2.04. The van der Waals surface area contributed by atoms with Crippen molar-refractivity contribution in [1.82, 2.24) is 5.32 Å². The molecule has 1 fully saturated rings. The maximum absolute atomic E-state index is 13.9. The van der Waals surface area contributed by atoms with Crippen molar-refractivity contribution >= 4 is 24.0 Å². The summed E-state index contributed by atoms with van der Waals surface area (Å²) in [5.74, 6) is -2.57. The zero-order valence-electron chi connectivity index (χ0n) is 29.0. The molecule has 5 rings (SSSR count). The van der Waals surface area contributed by atoms with Crippen molar-refractivity contribution in [2.75, 3.05) is 20.3 Å². The summed E-state index contributed by atoms with van der Waals surface area (Å²) < 4.78 is 17.7. The number of methoxy groups -OCH3 is 1. The van der Waals surface area contributed by atoms with Gasteiger partial charge in [-0.3, -0.25) is 9.59 Å². The van der Waals surface area contributed by atoms with Crippen molar-refractivity contribution in [2.24, 2.45) is 0 Å². The molecule has 7 unspecified atom stereocenters. The summed E-state index contributed by atoms with van der Waals surface area (Å²) in [4.78, 5) is 27.6. The Balaban J connectivity index is 0.00000562. The Kier molecular flexibility index (Phi) is 13.7. The van der Waals surface area contributed by atoms with E-state index in [1.54, 1.807) is 6.92 Å². The van der Waals surface area contributed by atoms with Crippen LogP contribution < -0.4 is 10.1 Å². The van der Waals surface area contributed by atoms with Crippen LogP contribution in [0.3, 0.4) is 0 Å². The van der Waals surface area contributed by atoms with Gasteiger partial charge in [-0.2, -0.15) is 0 Å². The van der Waals surface area contributed by atoms with Gasteiger partial charge in [-0.25, -0.2) is 0 Å². The molecular weight excluding hydrogens is 670 g/mol. The van der Waals surface area contributed by atoms with Crippen LogP contribution in [0, 0.1) is 0 Å². The molecule has 1 aliphatic heterocycles. The van der Waals surface area contributed by atoms with Gasteiger partial charge in [0, 0.05) is 42.0 Å². The topological polar surface area (TPSA) is 195 Å². The van der Waals surface area contributed by atoms with Gasteiger partial charge in [-0.15, -0.1) is 12.4 Å². The summed E-state index contributed by atoms with van der Waals surface area (Å²) in [5, 5.41) is 69.8. The standard InChI is InChI=1S/C37H51NO11.ClH/c1-4-5-6-7-8-9-10-11-15-38-23-16-27(48-20(2)32(23)41)49-25-18-37(46,26(40)19-39)17-22-29(25)36(45)31-30(34(22)43)33(42)21-13-12-14-24(47-3)28(21)35(31)44;/h12-14,20,23,25-27,32,38-41,43,45-46H,4-11,15-19H2,1-3H3;1H. The van der Waals surface area contributed by atoms with Gasteiger partial charge in [0.1, 0.15) is 23.4 Å². The minimum absolute atomic E-state index is 0. The van der Waals surface area contributed by atoms with E-state index >= 15 is 0 Å². The fourth-order valence-corrected chi connectivity index (χ4v) is 7.56. The molecule has 0 radical (unpaired) electrons. The lowest BCUT2D eigenvalue weighted by Gasteiger charge is -2.44. The molecule has 12 nitrogen and oxygen atoms in total. The number of benzene rings is 2. The number of phenolic OH excluding ortho intramolecular Hbond substituents is 2. The van der Waals surface area contributed by atoms with E-state index in [1.807, 2.05) is 0 Å². The number of aromatic hydroxyl groups is 2. The number of phenols is 2. The van der Waals surface area contributed by atoms with Crippen LogP contribution in [0.1, 0.15) is 127 Å². The van der Waals surface area contributed by atoms with Crippen LogP contribution in [0.4, 0.5) is 0 Å². The fourth-order valence-electron chi connectivity index (χ4n) is 7.56. The lowest BCUT2D eigenvalue weighted by atomic mass is 9.71. The average Bonchev–Trinajstić information content (AvgIpc) is 3.08. The summed E-state index contributed by atoms with van der Waals surface area (Å²) in [6.45, 7) is 3.79. The number of carbonyl (C=O) groups excluding carboxylic acids is 2. The number of fused-ring (bicyclic) bond motifs is 3. The van der Waals surface area contributed by atoms with Gasteiger partial charge in [-0.05, 0) is 26.0 Å². The van der Waals surface area contributed by atoms with Crippen molar-refractivity contribution in [3.8, 4) is 17.2 Å². The van der Waals surface area contributed by atoms with Crippen LogP contribution in [0.2, 0.25) is 0 Å². The Morgan fingerprint density at radius 1 is 1.00 bits per heavy atom. The van der Waals surface area contributed by atoms with Crippen LogP contribution in [-0.2, 0) is 15.9 Å². The second-order valence-corrected chi connectivity index (χ2v) is 13.7. The second kappa shape index (κ2) is 17.1. The van der Waals surface area contributed by atoms with E-state index in [9.17, 15) is 40.2 Å². The molecule has 1 saturated heterocycles. The molecule has 7 N–H and O–H groups in total. The highest BCUT2D eigenvalue weighted by atomic mass is 35.5. The first-order valence-corrected chi connectivity index (χ1v) is 17.6. The van der Waals surface area contributed by atoms with Gasteiger partial charge < -0.3 is 50.2 Å². The Bertz CT molecular complexity index is 1520. The third kappa shape index (κ3) is 7.83. The predicted molar refractivity (Wildman–Crippen MR) is 186 cm³/mol. The van der Waals surface area contributed by atoms with Gasteiger partial charge in [0.25, 0.3) is 0 Å². The molecule has 0 amide bonds. The summed E-state index contributed by atoms with van der Waals surface area (Å²) in [5.41, 5.74) is -3.09. The highest BCUT2D eigenvalue weighted by Crippen LogP contribution is 2.53. The molecule has 0 saturated carbocycles. The quantitative estimate of drug-likeness (QED) is 0.0883. The zero-order chi connectivity index (χ0) is 35.5. The van der Waals surface area contributed by atoms with E-state index in [0.29, 0.717) is 6.54 Å². The molecule has 278 valence electrons. The van der Waals surface area contributed by atoms with Gasteiger partial charge in [-0.1, -0.05) is 64.0 Å². The van der Waals surface area contributed by atoms with Gasteiger partial charge in [0.15, 0.2) is 12.1 Å². The summed E-state index contributed by atoms with van der Waals surface area (Å²) >= 11 is 0. The Hall–Kier alpha value is -2.81. The molecule has 7 atom stereocenters. The molecule has 50 heavy (non-hydrogen) atoms. The van der Waals surface area contributed by atoms with E-state index in [-0.39, 0.29) is 53.3 Å². The minimum Gasteiger partial charge on any atom is -0.507 e. The number of aliphatic hydroxyl groups excluding tert-OH is 3. The second-order valence-electron chi connectivity index (χ2n) is 13.7. The molecule has 0 bridgehead atoms. The number of hydrogen-bond donors (Lipinski definition) is 7. The largest absolute Gasteiger partial charge is 0.507 e. The first-order valence-electron chi connectivity index (χ1n) is 17.6. The number of unbranched alkanes of at least 4 members (excludes halogenated alkanes) is 7. The number of halogens is 1. The highest BCUT2D eigenvalue weighted by Gasteiger charge is 2.50. The van der Waals surface area contributed by atoms with Crippen molar-refractivity contribution in [2.45, 2.75) is 127 Å². The van der Waals surface area contributed by atoms with Gasteiger partial charge in [0.2, 0.25) is 5.78 Å². The van der Waals surface area contributed by atoms with Crippen LogP contribution in [-0.4, -0.2) is 98.7 Å². The van der Waals surface area contributed by atoms with Crippen LogP contribution >= 0.6 is 12.4 Å². The van der Waals surface area contributed by atoms with E-state index in [0.717, 1.165) is 19.3 Å². The lowest BCUT2D eigenvalue weighted by Crippen LogP contribution is -2.55. The fraction of sp³-hybridized carbons (Fsp3) is 0.622. The van der Waals surface area contributed by atoms with E-state index in [2.05, 4.69) is 12.2 Å². The maximum atomic E-state index is 13.9. The summed E-state index contributed by atoms with van der Waals surface area (Å²) in [6, 6.07) is 4.08. The maximum Gasteiger partial charge on any atom is 0.202 e. The first kappa shape index (κ1) is 40.0. The molecular formula is C37H52ClNO11. The third-order valence-corrected chi connectivity index (χ3v) is 10.4.